The molecule has 1 N–H and O–H groups in total. The number of halogens is 4. The predicted octanol–water partition coefficient (Wildman–Crippen LogP) is 1.94. The minimum atomic E-state index is -4.41. The Morgan fingerprint density at radius 2 is 2.00 bits per heavy atom. The number of rotatable bonds is 6. The Balaban J connectivity index is 3.60. The molecule has 7 heteroatoms. The number of nitrogens with one attached hydrogen (secondary N) is 1. The van der Waals surface area contributed by atoms with E-state index in [9.17, 15) is 18.0 Å². The highest BCUT2D eigenvalue weighted by Crippen LogP contribution is 2.14. The highest BCUT2D eigenvalue weighted by Gasteiger charge is 2.27. The molecule has 0 aliphatic carbocycles. The summed E-state index contributed by atoms with van der Waals surface area (Å²) in [5.74, 6) is -0.423. The summed E-state index contributed by atoms with van der Waals surface area (Å²) in [5.41, 5.74) is 0. The fourth-order valence-corrected chi connectivity index (χ4v) is 0.835. The van der Waals surface area contributed by atoms with Gasteiger partial charge < -0.3 is 10.1 Å². The molecule has 0 aliphatic heterocycles. The highest BCUT2D eigenvalue weighted by atomic mass is 35.5. The van der Waals surface area contributed by atoms with Crippen molar-refractivity contribution in [2.45, 2.75) is 25.4 Å². The average molecular weight is 262 g/mol. The summed E-state index contributed by atoms with van der Waals surface area (Å²) in [6.45, 7) is 1.94. The van der Waals surface area contributed by atoms with Gasteiger partial charge in [-0.1, -0.05) is 13.8 Å². The SMILES string of the molecule is CC(C)C(Cl)CNC(=O)COCC(F)(F)F. The van der Waals surface area contributed by atoms with Gasteiger partial charge in [-0.15, -0.1) is 11.6 Å². The van der Waals surface area contributed by atoms with Gasteiger partial charge in [0.25, 0.3) is 0 Å². The number of hydrogen-bond acceptors (Lipinski definition) is 2. The van der Waals surface area contributed by atoms with Gasteiger partial charge in [-0.2, -0.15) is 13.2 Å². The van der Waals surface area contributed by atoms with Crippen LogP contribution in [0.3, 0.4) is 0 Å². The molecule has 16 heavy (non-hydrogen) atoms. The van der Waals surface area contributed by atoms with Crippen LogP contribution in [0.5, 0.6) is 0 Å². The number of carbonyl (C=O) groups excluding carboxylic acids is 1. The van der Waals surface area contributed by atoms with Crippen molar-refractivity contribution < 1.29 is 22.7 Å². The molecule has 1 atom stereocenters. The lowest BCUT2D eigenvalue weighted by molar-refractivity contribution is -0.175. The largest absolute Gasteiger partial charge is 0.411 e. The zero-order chi connectivity index (χ0) is 12.8. The monoisotopic (exact) mass is 261 g/mol. The first-order chi connectivity index (χ1) is 7.22. The Morgan fingerprint density at radius 3 is 2.44 bits per heavy atom. The summed E-state index contributed by atoms with van der Waals surface area (Å²) >= 11 is 5.83. The van der Waals surface area contributed by atoms with Gasteiger partial charge in [-0.25, -0.2) is 0 Å². The van der Waals surface area contributed by atoms with E-state index < -0.39 is 25.3 Å². The third-order valence-electron chi connectivity index (χ3n) is 1.72. The van der Waals surface area contributed by atoms with E-state index in [2.05, 4.69) is 10.1 Å². The van der Waals surface area contributed by atoms with E-state index in [1.54, 1.807) is 0 Å². The maximum absolute atomic E-state index is 11.6. The van der Waals surface area contributed by atoms with E-state index >= 15 is 0 Å². The molecule has 0 spiro atoms. The van der Waals surface area contributed by atoms with Crippen LogP contribution in [0.2, 0.25) is 0 Å². The van der Waals surface area contributed by atoms with Gasteiger partial charge in [0.15, 0.2) is 0 Å². The fraction of sp³-hybridized carbons (Fsp3) is 0.889. The summed E-state index contributed by atoms with van der Waals surface area (Å²) in [6.07, 6.45) is -4.41. The molecular weight excluding hydrogens is 247 g/mol. The maximum atomic E-state index is 11.6. The molecule has 96 valence electrons. The zero-order valence-electron chi connectivity index (χ0n) is 9.10. The molecule has 0 saturated heterocycles. The molecule has 0 radical (unpaired) electrons. The molecule has 0 aromatic carbocycles. The Bertz CT molecular complexity index is 221. The van der Waals surface area contributed by atoms with E-state index in [0.717, 1.165) is 0 Å². The van der Waals surface area contributed by atoms with Crippen LogP contribution in [0.4, 0.5) is 13.2 Å². The molecule has 0 heterocycles. The molecule has 0 bridgehead atoms. The number of carbonyl (C=O) groups is 1. The van der Waals surface area contributed by atoms with E-state index in [1.165, 1.54) is 0 Å². The second-order valence-electron chi connectivity index (χ2n) is 3.67. The van der Waals surface area contributed by atoms with Crippen LogP contribution in [0.25, 0.3) is 0 Å². The number of alkyl halides is 4. The molecule has 1 unspecified atom stereocenters. The molecule has 0 fully saturated rings. The summed E-state index contributed by atoms with van der Waals surface area (Å²) < 4.78 is 39.1. The Kier molecular flexibility index (Phi) is 6.74. The van der Waals surface area contributed by atoms with E-state index in [4.69, 9.17) is 11.6 Å². The third-order valence-corrected chi connectivity index (χ3v) is 2.37. The molecule has 0 aromatic heterocycles. The number of amides is 1. The Labute approximate surface area is 97.3 Å². The fourth-order valence-electron chi connectivity index (χ4n) is 0.758. The van der Waals surface area contributed by atoms with Crippen molar-refractivity contribution in [2.24, 2.45) is 5.92 Å². The Morgan fingerprint density at radius 1 is 1.44 bits per heavy atom. The highest BCUT2D eigenvalue weighted by molar-refractivity contribution is 6.21. The maximum Gasteiger partial charge on any atom is 0.411 e. The van der Waals surface area contributed by atoms with Gasteiger partial charge in [0, 0.05) is 6.54 Å². The first-order valence-electron chi connectivity index (χ1n) is 4.77. The van der Waals surface area contributed by atoms with Crippen molar-refractivity contribution in [3.05, 3.63) is 0 Å². The van der Waals surface area contributed by atoms with Crippen molar-refractivity contribution >= 4 is 17.5 Å². The molecular formula is C9H15ClF3NO2. The summed E-state index contributed by atoms with van der Waals surface area (Å²) in [4.78, 5) is 11.0. The number of hydrogen-bond donors (Lipinski definition) is 1. The summed E-state index contributed by atoms with van der Waals surface area (Å²) in [6, 6.07) is 0. The molecule has 0 rings (SSSR count). The van der Waals surface area contributed by atoms with Gasteiger partial charge in [0.2, 0.25) is 5.91 Å². The van der Waals surface area contributed by atoms with Gasteiger partial charge in [-0.05, 0) is 5.92 Å². The minimum Gasteiger partial charge on any atom is -0.362 e. The van der Waals surface area contributed by atoms with Crippen LogP contribution in [-0.2, 0) is 9.53 Å². The second-order valence-corrected chi connectivity index (χ2v) is 4.23. The zero-order valence-corrected chi connectivity index (χ0v) is 9.86. The number of ether oxygens (including phenoxy) is 1. The Hall–Kier alpha value is -0.490. The van der Waals surface area contributed by atoms with Crippen LogP contribution in [-0.4, -0.2) is 37.2 Å². The normalized spacial score (nSPS) is 13.9. The van der Waals surface area contributed by atoms with E-state index in [-0.39, 0.29) is 17.8 Å². The standard InChI is InChI=1S/C9H15ClF3NO2/c1-6(2)7(10)3-14-8(15)4-16-5-9(11,12)13/h6-7H,3-5H2,1-2H3,(H,14,15). The van der Waals surface area contributed by atoms with Crippen LogP contribution in [0, 0.1) is 5.92 Å². The van der Waals surface area contributed by atoms with Crippen LogP contribution in [0.15, 0.2) is 0 Å². The first-order valence-corrected chi connectivity index (χ1v) is 5.21. The van der Waals surface area contributed by atoms with Crippen LogP contribution in [0.1, 0.15) is 13.8 Å². The van der Waals surface area contributed by atoms with Crippen LogP contribution < -0.4 is 5.32 Å². The van der Waals surface area contributed by atoms with Crippen molar-refractivity contribution in [3.63, 3.8) is 0 Å². The first kappa shape index (κ1) is 15.5. The summed E-state index contributed by atoms with van der Waals surface area (Å²) in [7, 11) is 0. The lowest BCUT2D eigenvalue weighted by Crippen LogP contribution is -2.35. The van der Waals surface area contributed by atoms with Crippen molar-refractivity contribution in [1.82, 2.24) is 5.32 Å². The summed E-state index contributed by atoms with van der Waals surface area (Å²) in [5, 5.41) is 2.14. The minimum absolute atomic E-state index is 0.179. The molecule has 0 aromatic rings. The van der Waals surface area contributed by atoms with E-state index in [1.807, 2.05) is 13.8 Å². The molecule has 0 saturated carbocycles. The second kappa shape index (κ2) is 6.96. The van der Waals surface area contributed by atoms with Gasteiger partial charge in [0.05, 0.1) is 5.38 Å². The molecule has 3 nitrogen and oxygen atoms in total. The third kappa shape index (κ3) is 8.79. The quantitative estimate of drug-likeness (QED) is 0.742. The lowest BCUT2D eigenvalue weighted by Gasteiger charge is -2.14. The molecule has 0 aliphatic rings. The van der Waals surface area contributed by atoms with Crippen molar-refractivity contribution in [1.29, 1.82) is 0 Å². The van der Waals surface area contributed by atoms with Crippen molar-refractivity contribution in [3.8, 4) is 0 Å². The topological polar surface area (TPSA) is 38.3 Å². The van der Waals surface area contributed by atoms with Crippen molar-refractivity contribution in [2.75, 3.05) is 19.8 Å². The predicted molar refractivity (Wildman–Crippen MR) is 54.4 cm³/mol. The average Bonchev–Trinajstić information content (AvgIpc) is 2.11. The smallest absolute Gasteiger partial charge is 0.362 e. The molecule has 1 amide bonds. The van der Waals surface area contributed by atoms with E-state index in [0.29, 0.717) is 0 Å². The lowest BCUT2D eigenvalue weighted by atomic mass is 10.1. The van der Waals surface area contributed by atoms with Gasteiger partial charge >= 0.3 is 6.18 Å². The van der Waals surface area contributed by atoms with Crippen LogP contribution >= 0.6 is 11.6 Å². The van der Waals surface area contributed by atoms with Gasteiger partial charge in [-0.3, -0.25) is 4.79 Å². The van der Waals surface area contributed by atoms with Gasteiger partial charge in [0.1, 0.15) is 13.2 Å².